The van der Waals surface area contributed by atoms with E-state index in [4.69, 9.17) is 9.47 Å². The lowest BCUT2D eigenvalue weighted by Crippen LogP contribution is -2.43. The molecule has 0 bridgehead atoms. The number of aliphatic hydroxyl groups is 1. The number of carboxylic acids is 1. The fourth-order valence-corrected chi connectivity index (χ4v) is 6.61. The molecule has 1 aromatic carbocycles. The van der Waals surface area contributed by atoms with Crippen LogP contribution >= 0.6 is 0 Å². The molecule has 0 radical (unpaired) electrons. The molecule has 2 unspecified atom stereocenters. The number of aryl methyl sites for hydroxylation is 1. The zero-order chi connectivity index (χ0) is 29.7. The minimum Gasteiger partial charge on any atom is -0.611 e. The summed E-state index contributed by atoms with van der Waals surface area (Å²) in [6.07, 6.45) is 22.4. The molecule has 1 aliphatic rings. The van der Waals surface area contributed by atoms with Crippen molar-refractivity contribution in [1.82, 2.24) is 0 Å². The highest BCUT2D eigenvalue weighted by Crippen LogP contribution is 2.26. The first-order valence-electron chi connectivity index (χ1n) is 16.2. The fraction of sp³-hybridized carbons (Fsp3) is 0.735. The molecule has 1 aliphatic heterocycles. The topological polar surface area (TPSA) is 99.1 Å². The van der Waals surface area contributed by atoms with E-state index in [-0.39, 0.29) is 18.8 Å². The van der Waals surface area contributed by atoms with Crippen LogP contribution in [0.15, 0.2) is 41.3 Å². The molecule has 7 heteroatoms. The van der Waals surface area contributed by atoms with Crippen LogP contribution in [0.1, 0.15) is 128 Å². The third kappa shape index (κ3) is 15.6. The SMILES string of the molecule is CCCCCCCCC=CCCCCCCC[C@H](C[C@H](O)C(C(=O)O)[S@+]([O-])c1ccc(C)cc1)OC1CCCCO1. The Bertz CT molecular complexity index is 823. The first-order valence-corrected chi connectivity index (χ1v) is 17.4. The maximum atomic E-state index is 13.1. The Morgan fingerprint density at radius 2 is 1.61 bits per heavy atom. The van der Waals surface area contributed by atoms with Crippen LogP contribution in [0, 0.1) is 6.92 Å². The highest BCUT2D eigenvalue weighted by molar-refractivity contribution is 7.92. The lowest BCUT2D eigenvalue weighted by Gasteiger charge is -2.30. The minimum atomic E-state index is -1.87. The highest BCUT2D eigenvalue weighted by atomic mass is 32.2. The Labute approximate surface area is 252 Å². The van der Waals surface area contributed by atoms with E-state index in [0.29, 0.717) is 11.5 Å². The molecule has 6 nitrogen and oxygen atoms in total. The lowest BCUT2D eigenvalue weighted by atomic mass is 10.0. The summed E-state index contributed by atoms with van der Waals surface area (Å²) in [6.45, 7) is 4.83. The number of benzene rings is 1. The molecule has 1 fully saturated rings. The van der Waals surface area contributed by atoms with Crippen molar-refractivity contribution in [2.75, 3.05) is 6.61 Å². The summed E-state index contributed by atoms with van der Waals surface area (Å²) >= 11 is -1.87. The van der Waals surface area contributed by atoms with Gasteiger partial charge in [-0.15, -0.1) is 0 Å². The van der Waals surface area contributed by atoms with Crippen LogP contribution in [0.5, 0.6) is 0 Å². The van der Waals surface area contributed by atoms with Crippen LogP contribution in [-0.2, 0) is 25.4 Å². The predicted octanol–water partition coefficient (Wildman–Crippen LogP) is 8.26. The molecule has 2 N–H and O–H groups in total. The van der Waals surface area contributed by atoms with Crippen LogP contribution in [0.2, 0.25) is 0 Å². The van der Waals surface area contributed by atoms with E-state index in [2.05, 4.69) is 19.1 Å². The van der Waals surface area contributed by atoms with Gasteiger partial charge in [0, 0.05) is 24.2 Å². The third-order valence-electron chi connectivity index (χ3n) is 7.85. The van der Waals surface area contributed by atoms with Crippen LogP contribution in [0.3, 0.4) is 0 Å². The van der Waals surface area contributed by atoms with Crippen molar-refractivity contribution in [1.29, 1.82) is 0 Å². The number of allylic oxidation sites excluding steroid dienone is 2. The Morgan fingerprint density at radius 1 is 1.00 bits per heavy atom. The largest absolute Gasteiger partial charge is 0.611 e. The molecule has 41 heavy (non-hydrogen) atoms. The van der Waals surface area contributed by atoms with Crippen molar-refractivity contribution >= 4 is 17.1 Å². The van der Waals surface area contributed by atoms with E-state index in [1.54, 1.807) is 24.3 Å². The van der Waals surface area contributed by atoms with Crippen molar-refractivity contribution in [2.45, 2.75) is 158 Å². The molecule has 0 aromatic heterocycles. The molecule has 0 aliphatic carbocycles. The molecule has 0 amide bonds. The lowest BCUT2D eigenvalue weighted by molar-refractivity contribution is -0.194. The van der Waals surface area contributed by atoms with Gasteiger partial charge in [0.2, 0.25) is 5.25 Å². The van der Waals surface area contributed by atoms with E-state index in [0.717, 1.165) is 56.9 Å². The van der Waals surface area contributed by atoms with Gasteiger partial charge in [0.1, 0.15) is 6.10 Å². The van der Waals surface area contributed by atoms with Crippen molar-refractivity contribution in [3.63, 3.8) is 0 Å². The summed E-state index contributed by atoms with van der Waals surface area (Å²) in [4.78, 5) is 12.5. The Morgan fingerprint density at radius 3 is 2.20 bits per heavy atom. The zero-order valence-corrected chi connectivity index (χ0v) is 26.5. The van der Waals surface area contributed by atoms with Crippen LogP contribution < -0.4 is 0 Å². The monoisotopic (exact) mass is 592 g/mol. The number of hydrogen-bond acceptors (Lipinski definition) is 5. The van der Waals surface area contributed by atoms with Gasteiger partial charge in [-0.3, -0.25) is 0 Å². The maximum Gasteiger partial charge on any atom is 0.360 e. The number of rotatable bonds is 23. The van der Waals surface area contributed by atoms with E-state index in [1.165, 1.54) is 57.8 Å². The first kappa shape index (κ1) is 35.8. The molecule has 0 spiro atoms. The number of unbranched alkanes of at least 4 members (excludes halogenated alkanes) is 11. The molecule has 5 atom stereocenters. The van der Waals surface area contributed by atoms with E-state index in [9.17, 15) is 19.6 Å². The number of aliphatic carboxylic acids is 1. The van der Waals surface area contributed by atoms with Gasteiger partial charge < -0.3 is 24.2 Å². The minimum absolute atomic E-state index is 0.123. The standard InChI is InChI=1S/C34H56O6S/c1-3-4-5-6-7-8-9-10-11-12-13-14-15-16-17-20-29(40-32-21-18-19-26-39-32)27-31(35)33(34(36)37)41(38)30-24-22-28(2)23-25-30/h10-11,22-25,29,31-33,35H,3-9,12-21,26-27H2,1-2H3,(H,36,37)/t29-,31+,32?,33?,41-/m1/s1. The van der Waals surface area contributed by atoms with Gasteiger partial charge in [-0.1, -0.05) is 94.6 Å². The molecule has 1 aromatic rings. The second-order valence-electron chi connectivity index (χ2n) is 11.6. The second kappa shape index (κ2) is 22.2. The molecular formula is C34H56O6S. The van der Waals surface area contributed by atoms with Crippen molar-refractivity contribution in [3.8, 4) is 0 Å². The second-order valence-corrected chi connectivity index (χ2v) is 13.2. The molecule has 1 saturated heterocycles. The number of aliphatic hydroxyl groups excluding tert-OH is 1. The van der Waals surface area contributed by atoms with Gasteiger partial charge in [-0.2, -0.15) is 0 Å². The summed E-state index contributed by atoms with van der Waals surface area (Å²) in [6, 6.07) is 6.95. The summed E-state index contributed by atoms with van der Waals surface area (Å²) in [7, 11) is 0. The average Bonchev–Trinajstić information content (AvgIpc) is 2.95. The number of ether oxygens (including phenoxy) is 2. The number of carboxylic acid groups (broad SMARTS) is 1. The first-order chi connectivity index (χ1) is 19.9. The van der Waals surface area contributed by atoms with Crippen molar-refractivity contribution in [2.24, 2.45) is 0 Å². The Balaban J connectivity index is 1.75. The zero-order valence-electron chi connectivity index (χ0n) is 25.6. The molecule has 1 heterocycles. The Hall–Kier alpha value is -1.38. The van der Waals surface area contributed by atoms with E-state index < -0.39 is 28.5 Å². The quantitative estimate of drug-likeness (QED) is 0.0754. The van der Waals surface area contributed by atoms with Gasteiger partial charge in [0.15, 0.2) is 11.2 Å². The van der Waals surface area contributed by atoms with Gasteiger partial charge in [0.05, 0.1) is 6.10 Å². The Kier molecular flexibility index (Phi) is 19.4. The van der Waals surface area contributed by atoms with Crippen molar-refractivity contribution in [3.05, 3.63) is 42.0 Å². The molecule has 234 valence electrons. The smallest absolute Gasteiger partial charge is 0.360 e. The van der Waals surface area contributed by atoms with Crippen molar-refractivity contribution < 1.29 is 29.0 Å². The maximum absolute atomic E-state index is 13.1. The molecular weight excluding hydrogens is 536 g/mol. The predicted molar refractivity (Wildman–Crippen MR) is 168 cm³/mol. The summed E-state index contributed by atoms with van der Waals surface area (Å²) in [5, 5.41) is 19.4. The number of carbonyl (C=O) groups is 1. The third-order valence-corrected chi connectivity index (χ3v) is 9.57. The summed E-state index contributed by atoms with van der Waals surface area (Å²) < 4.78 is 25.1. The summed E-state index contributed by atoms with van der Waals surface area (Å²) in [5.74, 6) is -1.26. The normalized spacial score (nSPS) is 18.8. The van der Waals surface area contributed by atoms with Gasteiger partial charge in [0.25, 0.3) is 0 Å². The molecule has 2 rings (SSSR count). The van der Waals surface area contributed by atoms with Crippen LogP contribution in [0.25, 0.3) is 0 Å². The fourth-order valence-electron chi connectivity index (χ4n) is 5.33. The van der Waals surface area contributed by atoms with Gasteiger partial charge in [-0.05, 0) is 70.4 Å². The van der Waals surface area contributed by atoms with Gasteiger partial charge in [-0.25, -0.2) is 4.79 Å². The van der Waals surface area contributed by atoms with Gasteiger partial charge >= 0.3 is 5.97 Å². The van der Waals surface area contributed by atoms with E-state index >= 15 is 0 Å². The van der Waals surface area contributed by atoms with E-state index in [1.807, 2.05) is 6.92 Å². The van der Waals surface area contributed by atoms with Crippen LogP contribution in [-0.4, -0.2) is 51.1 Å². The summed E-state index contributed by atoms with van der Waals surface area (Å²) in [5.41, 5.74) is 0.999. The number of hydrogen-bond donors (Lipinski definition) is 2. The van der Waals surface area contributed by atoms with Crippen LogP contribution in [0.4, 0.5) is 0 Å². The highest BCUT2D eigenvalue weighted by Gasteiger charge is 2.40. The molecule has 0 saturated carbocycles. The average molecular weight is 593 g/mol.